The van der Waals surface area contributed by atoms with Crippen LogP contribution >= 0.6 is 7.82 Å². The Morgan fingerprint density at radius 1 is 0.433 bits per heavy atom. The van der Waals surface area contributed by atoms with Gasteiger partial charge in [0.25, 0.3) is 0 Å². The van der Waals surface area contributed by atoms with Gasteiger partial charge in [0.2, 0.25) is 0 Å². The van der Waals surface area contributed by atoms with E-state index in [0.717, 1.165) is 25.7 Å². The molecule has 0 aromatic carbocycles. The molecule has 0 amide bonds. The molecule has 0 aliphatic rings. The summed E-state index contributed by atoms with van der Waals surface area (Å²) in [6.07, 6.45) is 62.6. The number of phosphoric ester groups is 1. The van der Waals surface area contributed by atoms with Crippen LogP contribution in [0.5, 0.6) is 0 Å². The molecule has 0 heterocycles. The van der Waals surface area contributed by atoms with Gasteiger partial charge in [-0.05, 0) is 51.4 Å². The molecule has 0 saturated heterocycles. The Morgan fingerprint density at radius 2 is 0.731 bits per heavy atom. The number of carbonyl (C=O) groups is 2. The first-order chi connectivity index (χ1) is 32.8. The zero-order chi connectivity index (χ0) is 48.8. The minimum atomic E-state index is -4.40. The number of ether oxygens (including phenoxy) is 2. The lowest BCUT2D eigenvalue weighted by Gasteiger charge is -2.19. The molecule has 0 saturated carbocycles. The molecule has 9 nitrogen and oxygen atoms in total. The van der Waals surface area contributed by atoms with Crippen LogP contribution in [0.25, 0.3) is 0 Å². The minimum Gasteiger partial charge on any atom is -0.462 e. The fourth-order valence-electron chi connectivity index (χ4n) is 8.53. The first kappa shape index (κ1) is 65.5. The largest absolute Gasteiger partial charge is 0.472 e. The van der Waals surface area contributed by atoms with Gasteiger partial charge in [-0.15, -0.1) is 0 Å². The van der Waals surface area contributed by atoms with Gasteiger partial charge in [0.05, 0.1) is 13.2 Å². The summed E-state index contributed by atoms with van der Waals surface area (Å²) in [4.78, 5) is 35.1. The number of hydrogen-bond acceptors (Lipinski definition) is 8. The lowest BCUT2D eigenvalue weighted by Crippen LogP contribution is -2.29. The van der Waals surface area contributed by atoms with Gasteiger partial charge in [0, 0.05) is 19.4 Å². The van der Waals surface area contributed by atoms with E-state index >= 15 is 0 Å². The Morgan fingerprint density at radius 3 is 1.06 bits per heavy atom. The molecule has 0 aromatic rings. The van der Waals surface area contributed by atoms with E-state index in [-0.39, 0.29) is 32.6 Å². The first-order valence-electron chi connectivity index (χ1n) is 28.8. The number of carbonyl (C=O) groups excluding carboxylic acids is 2. The summed E-state index contributed by atoms with van der Waals surface area (Å²) < 4.78 is 32.9. The van der Waals surface area contributed by atoms with Gasteiger partial charge in [-0.25, -0.2) is 4.57 Å². The molecule has 2 atom stereocenters. The maximum absolute atomic E-state index is 12.7. The monoisotopic (exact) mass is 968 g/mol. The average Bonchev–Trinajstić information content (AvgIpc) is 3.32. The van der Waals surface area contributed by atoms with Crippen LogP contribution in [-0.4, -0.2) is 49.3 Å². The zero-order valence-electron chi connectivity index (χ0n) is 44.2. The Kier molecular flexibility index (Phi) is 52.6. The Hall–Kier alpha value is -1.51. The van der Waals surface area contributed by atoms with E-state index in [1.807, 2.05) is 0 Å². The number of unbranched alkanes of at least 4 members (excludes halogenated alkanes) is 38. The minimum absolute atomic E-state index is 0.0483. The maximum atomic E-state index is 12.7. The lowest BCUT2D eigenvalue weighted by atomic mass is 10.0. The third-order valence-electron chi connectivity index (χ3n) is 12.8. The predicted molar refractivity (Wildman–Crippen MR) is 284 cm³/mol. The molecule has 0 aliphatic heterocycles. The van der Waals surface area contributed by atoms with Crippen molar-refractivity contribution in [3.05, 3.63) is 24.3 Å². The smallest absolute Gasteiger partial charge is 0.462 e. The molecular formula is C57H110NO8P. The van der Waals surface area contributed by atoms with Crippen LogP contribution in [0.2, 0.25) is 0 Å². The summed E-state index contributed by atoms with van der Waals surface area (Å²) in [6, 6.07) is 0. The van der Waals surface area contributed by atoms with E-state index in [4.69, 9.17) is 24.3 Å². The molecular weight excluding hydrogens is 858 g/mol. The molecule has 3 N–H and O–H groups in total. The molecule has 0 bridgehead atoms. The lowest BCUT2D eigenvalue weighted by molar-refractivity contribution is -0.161. The second kappa shape index (κ2) is 53.8. The predicted octanol–water partition coefficient (Wildman–Crippen LogP) is 17.9. The van der Waals surface area contributed by atoms with Crippen molar-refractivity contribution in [2.45, 2.75) is 302 Å². The summed E-state index contributed by atoms with van der Waals surface area (Å²) in [5.41, 5.74) is 5.38. The van der Waals surface area contributed by atoms with Crippen molar-refractivity contribution in [2.75, 3.05) is 26.4 Å². The molecule has 0 radical (unpaired) electrons. The molecule has 1 unspecified atom stereocenters. The first-order valence-corrected chi connectivity index (χ1v) is 30.3. The number of esters is 2. The summed E-state index contributed by atoms with van der Waals surface area (Å²) in [5, 5.41) is 0. The van der Waals surface area contributed by atoms with Crippen LogP contribution in [-0.2, 0) is 32.7 Å². The van der Waals surface area contributed by atoms with Crippen molar-refractivity contribution in [3.8, 4) is 0 Å². The highest BCUT2D eigenvalue weighted by atomic mass is 31.2. The van der Waals surface area contributed by atoms with Gasteiger partial charge < -0.3 is 20.1 Å². The highest BCUT2D eigenvalue weighted by Crippen LogP contribution is 2.43. The van der Waals surface area contributed by atoms with E-state index in [2.05, 4.69) is 38.2 Å². The Bertz CT molecular complexity index is 1150. The van der Waals surface area contributed by atoms with Crippen molar-refractivity contribution in [1.82, 2.24) is 0 Å². The van der Waals surface area contributed by atoms with Gasteiger partial charge in [-0.2, -0.15) is 0 Å². The highest BCUT2D eigenvalue weighted by molar-refractivity contribution is 7.47. The molecule has 10 heteroatoms. The molecule has 67 heavy (non-hydrogen) atoms. The number of phosphoric acid groups is 1. The number of allylic oxidation sites excluding steroid dienone is 4. The van der Waals surface area contributed by atoms with Crippen LogP contribution in [0.4, 0.5) is 0 Å². The fraction of sp³-hybridized carbons (Fsp3) is 0.895. The van der Waals surface area contributed by atoms with Gasteiger partial charge in [-0.1, -0.05) is 256 Å². The number of hydrogen-bond donors (Lipinski definition) is 2. The summed E-state index contributed by atoms with van der Waals surface area (Å²) in [6.45, 7) is 3.74. The Labute approximate surface area is 414 Å². The van der Waals surface area contributed by atoms with Crippen LogP contribution in [0.3, 0.4) is 0 Å². The highest BCUT2D eigenvalue weighted by Gasteiger charge is 2.26. The van der Waals surface area contributed by atoms with E-state index in [1.165, 1.54) is 231 Å². The van der Waals surface area contributed by atoms with Crippen molar-refractivity contribution >= 4 is 19.8 Å². The van der Waals surface area contributed by atoms with E-state index in [1.54, 1.807) is 0 Å². The summed E-state index contributed by atoms with van der Waals surface area (Å²) in [5.74, 6) is -0.887. The van der Waals surface area contributed by atoms with Gasteiger partial charge in [-0.3, -0.25) is 18.6 Å². The second-order valence-corrected chi connectivity index (χ2v) is 21.0. The fourth-order valence-corrected chi connectivity index (χ4v) is 9.29. The van der Waals surface area contributed by atoms with E-state index in [0.29, 0.717) is 12.8 Å². The van der Waals surface area contributed by atoms with Crippen LogP contribution < -0.4 is 5.73 Å². The van der Waals surface area contributed by atoms with Crippen LogP contribution in [0.1, 0.15) is 296 Å². The summed E-state index contributed by atoms with van der Waals surface area (Å²) in [7, 11) is -4.40. The molecule has 0 fully saturated rings. The summed E-state index contributed by atoms with van der Waals surface area (Å²) >= 11 is 0. The Balaban J connectivity index is 4.00. The molecule has 396 valence electrons. The normalized spacial score (nSPS) is 13.2. The van der Waals surface area contributed by atoms with E-state index < -0.39 is 32.5 Å². The van der Waals surface area contributed by atoms with Crippen molar-refractivity contribution < 1.29 is 37.6 Å². The molecule has 0 aliphatic carbocycles. The van der Waals surface area contributed by atoms with Crippen molar-refractivity contribution in [2.24, 2.45) is 5.73 Å². The molecule has 0 rings (SSSR count). The molecule has 0 aromatic heterocycles. The third-order valence-corrected chi connectivity index (χ3v) is 13.8. The second-order valence-electron chi connectivity index (χ2n) is 19.5. The van der Waals surface area contributed by atoms with Crippen molar-refractivity contribution in [3.63, 3.8) is 0 Å². The topological polar surface area (TPSA) is 134 Å². The van der Waals surface area contributed by atoms with Crippen LogP contribution in [0.15, 0.2) is 24.3 Å². The van der Waals surface area contributed by atoms with Gasteiger partial charge in [0.15, 0.2) is 6.10 Å². The zero-order valence-corrected chi connectivity index (χ0v) is 45.1. The molecule has 0 spiro atoms. The number of rotatable bonds is 55. The SMILES string of the molecule is CCCCCCCCCCCCCCCCCCCC/C=C/CCCC(=O)OC[C@H](COP(=O)(O)OCCN)OC(=O)CCC/C=C/CCCCCCCCCCCCCCCCCCCC. The average molecular weight is 968 g/mol. The third kappa shape index (κ3) is 53.7. The quantitative estimate of drug-likeness (QED) is 0.0264. The van der Waals surface area contributed by atoms with Gasteiger partial charge >= 0.3 is 19.8 Å². The van der Waals surface area contributed by atoms with Gasteiger partial charge in [0.1, 0.15) is 6.61 Å². The van der Waals surface area contributed by atoms with E-state index in [9.17, 15) is 19.0 Å². The number of nitrogens with two attached hydrogens (primary N) is 1. The van der Waals surface area contributed by atoms with Crippen LogP contribution in [0, 0.1) is 0 Å². The maximum Gasteiger partial charge on any atom is 0.472 e. The standard InChI is InChI=1S/C57H110NO8P/c1-3-5-7-9-11-13-15-17-19-21-23-25-27-29-31-33-35-37-39-41-43-45-47-49-56(59)63-53-55(54-65-67(61,62)64-52-51-58)66-57(60)50-48-46-44-42-40-38-36-34-32-30-28-26-24-22-20-18-16-14-12-10-8-6-4-2/h41-44,55H,3-40,45-54,58H2,1-2H3,(H,61,62)/b43-41+,44-42+/t55-/m1/s1. The van der Waals surface area contributed by atoms with Crippen molar-refractivity contribution in [1.29, 1.82) is 0 Å².